The molecule has 2 aromatic rings. The minimum absolute atomic E-state index is 0.0230. The molecule has 0 saturated carbocycles. The van der Waals surface area contributed by atoms with Crippen LogP contribution in [0, 0.1) is 12.7 Å². The van der Waals surface area contributed by atoms with E-state index in [0.29, 0.717) is 12.1 Å². The van der Waals surface area contributed by atoms with Gasteiger partial charge in [0.1, 0.15) is 5.82 Å². The summed E-state index contributed by atoms with van der Waals surface area (Å²) in [6, 6.07) is 5.86. The number of benzene rings is 1. The van der Waals surface area contributed by atoms with Crippen molar-refractivity contribution < 1.29 is 12.8 Å². The summed E-state index contributed by atoms with van der Waals surface area (Å²) < 4.78 is 41.5. The number of nitrogens with one attached hydrogen (secondary N) is 1. The molecule has 3 rings (SSSR count). The average molecular weight is 397 g/mol. The van der Waals surface area contributed by atoms with Crippen molar-refractivity contribution in [2.75, 3.05) is 19.6 Å². The van der Waals surface area contributed by atoms with Gasteiger partial charge in [-0.25, -0.2) is 17.5 Å². The van der Waals surface area contributed by atoms with Crippen molar-refractivity contribution in [2.24, 2.45) is 0 Å². The number of aryl methyl sites for hydroxylation is 1. The highest BCUT2D eigenvalue weighted by molar-refractivity contribution is 7.89. The molecule has 142 valence electrons. The summed E-state index contributed by atoms with van der Waals surface area (Å²) in [5.41, 5.74) is 1.56. The van der Waals surface area contributed by atoms with Crippen molar-refractivity contribution >= 4 is 21.4 Å². The van der Waals surface area contributed by atoms with E-state index in [-0.39, 0.29) is 10.9 Å². The number of likely N-dealkylation sites (tertiary alicyclic amines) is 1. The molecule has 1 fully saturated rings. The number of hydrogen-bond donors (Lipinski definition) is 1. The Morgan fingerprint density at radius 1 is 1.19 bits per heavy atom. The van der Waals surface area contributed by atoms with Crippen LogP contribution in [-0.4, -0.2) is 33.0 Å². The minimum atomic E-state index is -3.68. The third-order valence-electron chi connectivity index (χ3n) is 4.90. The van der Waals surface area contributed by atoms with E-state index >= 15 is 0 Å². The highest BCUT2D eigenvalue weighted by Gasteiger charge is 2.25. The van der Waals surface area contributed by atoms with E-state index in [1.807, 2.05) is 5.38 Å². The Morgan fingerprint density at radius 3 is 2.54 bits per heavy atom. The van der Waals surface area contributed by atoms with E-state index in [2.05, 4.69) is 21.1 Å². The topological polar surface area (TPSA) is 49.4 Å². The van der Waals surface area contributed by atoms with Crippen LogP contribution in [0.4, 0.5) is 4.39 Å². The van der Waals surface area contributed by atoms with E-state index in [0.717, 1.165) is 31.5 Å². The van der Waals surface area contributed by atoms with Crippen LogP contribution >= 0.6 is 11.3 Å². The predicted octanol–water partition coefficient (Wildman–Crippen LogP) is 4.09. The van der Waals surface area contributed by atoms with E-state index < -0.39 is 15.8 Å². The van der Waals surface area contributed by atoms with Crippen molar-refractivity contribution in [1.29, 1.82) is 0 Å². The number of nitrogens with zero attached hydrogens (tertiary/aromatic N) is 1. The van der Waals surface area contributed by atoms with Crippen LogP contribution in [0.15, 0.2) is 39.9 Å². The second kappa shape index (κ2) is 8.61. The molecule has 26 heavy (non-hydrogen) atoms. The molecule has 0 radical (unpaired) electrons. The van der Waals surface area contributed by atoms with Crippen molar-refractivity contribution in [3.05, 3.63) is 52.0 Å². The number of halogens is 1. The van der Waals surface area contributed by atoms with Crippen LogP contribution in [0.5, 0.6) is 0 Å². The summed E-state index contributed by atoms with van der Waals surface area (Å²) in [5, 5.41) is 4.12. The molecule has 2 heterocycles. The first-order valence-electron chi connectivity index (χ1n) is 8.99. The van der Waals surface area contributed by atoms with Crippen molar-refractivity contribution in [1.82, 2.24) is 9.62 Å². The Hall–Kier alpha value is -1.28. The van der Waals surface area contributed by atoms with Gasteiger partial charge in [-0.1, -0.05) is 12.8 Å². The summed E-state index contributed by atoms with van der Waals surface area (Å²) >= 11 is 1.63. The number of rotatable bonds is 6. The molecule has 7 heteroatoms. The van der Waals surface area contributed by atoms with Crippen molar-refractivity contribution in [3.8, 4) is 0 Å². The van der Waals surface area contributed by atoms with Crippen LogP contribution in [0.25, 0.3) is 0 Å². The smallest absolute Gasteiger partial charge is 0.240 e. The van der Waals surface area contributed by atoms with Crippen LogP contribution in [0.2, 0.25) is 0 Å². The predicted molar refractivity (Wildman–Crippen MR) is 103 cm³/mol. The lowest BCUT2D eigenvalue weighted by atomic mass is 10.1. The van der Waals surface area contributed by atoms with Gasteiger partial charge >= 0.3 is 0 Å². The monoisotopic (exact) mass is 396 g/mol. The second-order valence-corrected chi connectivity index (χ2v) is 9.30. The highest BCUT2D eigenvalue weighted by Crippen LogP contribution is 2.26. The normalized spacial score (nSPS) is 17.8. The lowest BCUT2D eigenvalue weighted by Gasteiger charge is -2.30. The third kappa shape index (κ3) is 4.71. The molecule has 0 bridgehead atoms. The van der Waals surface area contributed by atoms with E-state index in [9.17, 15) is 12.8 Å². The van der Waals surface area contributed by atoms with Crippen LogP contribution in [-0.2, 0) is 10.0 Å². The molecule has 1 aromatic carbocycles. The maximum atomic E-state index is 13.3. The van der Waals surface area contributed by atoms with E-state index in [1.54, 1.807) is 18.3 Å². The first kappa shape index (κ1) is 19.5. The quantitative estimate of drug-likeness (QED) is 0.800. The minimum Gasteiger partial charge on any atom is -0.295 e. The number of thiophene rings is 1. The SMILES string of the molecule is Cc1cc(F)ccc1S(=O)(=O)NC[C@H](c1ccsc1)N1CCCCCC1. The maximum absolute atomic E-state index is 13.3. The molecule has 1 aliphatic rings. The largest absolute Gasteiger partial charge is 0.295 e. The summed E-state index contributed by atoms with van der Waals surface area (Å²) in [7, 11) is -3.68. The fourth-order valence-electron chi connectivity index (χ4n) is 3.51. The molecule has 0 amide bonds. The zero-order chi connectivity index (χ0) is 18.6. The van der Waals surface area contributed by atoms with Crippen LogP contribution in [0.3, 0.4) is 0 Å². The van der Waals surface area contributed by atoms with E-state index in [1.165, 1.54) is 31.0 Å². The van der Waals surface area contributed by atoms with Gasteiger partial charge in [0.2, 0.25) is 10.0 Å². The third-order valence-corrected chi connectivity index (χ3v) is 7.19. The zero-order valence-corrected chi connectivity index (χ0v) is 16.6. The van der Waals surface area contributed by atoms with Gasteiger partial charge in [-0.15, -0.1) is 0 Å². The summed E-state index contributed by atoms with van der Waals surface area (Å²) in [6.45, 7) is 3.90. The van der Waals surface area contributed by atoms with Gasteiger partial charge in [0.15, 0.2) is 0 Å². The van der Waals surface area contributed by atoms with E-state index in [4.69, 9.17) is 0 Å². The Balaban J connectivity index is 1.78. The molecule has 1 aliphatic heterocycles. The Bertz CT molecular complexity index is 814. The fourth-order valence-corrected chi connectivity index (χ4v) is 5.48. The molecule has 0 unspecified atom stereocenters. The molecule has 1 saturated heterocycles. The van der Waals surface area contributed by atoms with Gasteiger partial charge in [-0.3, -0.25) is 4.90 Å². The number of hydrogen-bond acceptors (Lipinski definition) is 4. The van der Waals surface area contributed by atoms with Crippen molar-refractivity contribution in [3.63, 3.8) is 0 Å². The lowest BCUT2D eigenvalue weighted by Crippen LogP contribution is -2.38. The van der Waals surface area contributed by atoms with Crippen LogP contribution in [0.1, 0.15) is 42.9 Å². The standard InChI is InChI=1S/C19H25FN2O2S2/c1-15-12-17(20)6-7-19(15)26(23,24)21-13-18(16-8-11-25-14-16)22-9-4-2-3-5-10-22/h6-8,11-12,14,18,21H,2-5,9-10,13H2,1H3/t18-/m1/s1. The first-order chi connectivity index (χ1) is 12.5. The Kier molecular flexibility index (Phi) is 6.45. The molecule has 1 N–H and O–H groups in total. The maximum Gasteiger partial charge on any atom is 0.240 e. The zero-order valence-electron chi connectivity index (χ0n) is 14.9. The van der Waals surface area contributed by atoms with Gasteiger partial charge in [-0.2, -0.15) is 11.3 Å². The van der Waals surface area contributed by atoms with Gasteiger partial charge in [0, 0.05) is 12.6 Å². The van der Waals surface area contributed by atoms with Gasteiger partial charge < -0.3 is 0 Å². The Labute approximate surface area is 159 Å². The van der Waals surface area contributed by atoms with Gasteiger partial charge in [-0.05, 0) is 79.0 Å². The first-order valence-corrected chi connectivity index (χ1v) is 11.4. The molecular weight excluding hydrogens is 371 g/mol. The highest BCUT2D eigenvalue weighted by atomic mass is 32.2. The fraction of sp³-hybridized carbons (Fsp3) is 0.474. The number of sulfonamides is 1. The van der Waals surface area contributed by atoms with Crippen molar-refractivity contribution in [2.45, 2.75) is 43.5 Å². The molecule has 1 atom stereocenters. The molecule has 4 nitrogen and oxygen atoms in total. The second-order valence-electron chi connectivity index (χ2n) is 6.78. The van der Waals surface area contributed by atoms with Gasteiger partial charge in [0.25, 0.3) is 0 Å². The summed E-state index contributed by atoms with van der Waals surface area (Å²) in [4.78, 5) is 2.52. The molecular formula is C19H25FN2O2S2. The molecule has 1 aromatic heterocycles. The lowest BCUT2D eigenvalue weighted by molar-refractivity contribution is 0.206. The molecule has 0 spiro atoms. The van der Waals surface area contributed by atoms with Crippen LogP contribution < -0.4 is 4.72 Å². The average Bonchev–Trinajstić information content (AvgIpc) is 2.97. The summed E-state index contributed by atoms with van der Waals surface area (Å²) in [5.74, 6) is -0.429. The molecule has 0 aliphatic carbocycles. The van der Waals surface area contributed by atoms with Gasteiger partial charge in [0.05, 0.1) is 4.90 Å². The summed E-state index contributed by atoms with van der Waals surface area (Å²) in [6.07, 6.45) is 4.75. The Morgan fingerprint density at radius 2 is 1.92 bits per heavy atom.